The van der Waals surface area contributed by atoms with Crippen LogP contribution < -0.4 is 10.0 Å². The Morgan fingerprint density at radius 2 is 1.76 bits per heavy atom. The van der Waals surface area contributed by atoms with Gasteiger partial charge in [-0.25, -0.2) is 8.42 Å². The molecule has 0 fully saturated rings. The van der Waals surface area contributed by atoms with Gasteiger partial charge in [0.15, 0.2) is 5.82 Å². The van der Waals surface area contributed by atoms with Crippen LogP contribution >= 0.6 is 0 Å². The van der Waals surface area contributed by atoms with Crippen molar-refractivity contribution < 1.29 is 27.3 Å². The van der Waals surface area contributed by atoms with Gasteiger partial charge in [0.1, 0.15) is 5.76 Å². The zero-order chi connectivity index (χ0) is 23.7. The summed E-state index contributed by atoms with van der Waals surface area (Å²) in [6.45, 7) is 1.95. The number of nitrogens with zero attached hydrogens (tertiary/aromatic N) is 1. The number of sulfonamides is 1. The number of aromatic nitrogens is 1. The van der Waals surface area contributed by atoms with Crippen LogP contribution in [0.3, 0.4) is 0 Å². The molecule has 1 amide bonds. The van der Waals surface area contributed by atoms with Gasteiger partial charge in [-0.1, -0.05) is 35.5 Å². The lowest BCUT2D eigenvalue weighted by molar-refractivity contribution is -0.144. The number of carbonyl (C=O) groups is 2. The summed E-state index contributed by atoms with van der Waals surface area (Å²) in [6, 6.07) is 17.0. The van der Waals surface area contributed by atoms with Gasteiger partial charge >= 0.3 is 5.97 Å². The zero-order valence-electron chi connectivity index (χ0n) is 18.1. The number of carbonyl (C=O) groups excluding carboxylic acids is 2. The van der Waals surface area contributed by atoms with Crippen LogP contribution in [0.1, 0.15) is 30.6 Å². The molecule has 10 heteroatoms. The van der Waals surface area contributed by atoms with E-state index < -0.39 is 16.0 Å². The smallest absolute Gasteiger partial charge is 0.306 e. The Bertz CT molecular complexity index is 1170. The van der Waals surface area contributed by atoms with Crippen LogP contribution in [0.25, 0.3) is 0 Å². The lowest BCUT2D eigenvalue weighted by Gasteiger charge is -2.08. The topological polar surface area (TPSA) is 128 Å². The van der Waals surface area contributed by atoms with Crippen molar-refractivity contribution in [3.05, 3.63) is 72.0 Å². The van der Waals surface area contributed by atoms with Gasteiger partial charge in [0.2, 0.25) is 5.91 Å². The van der Waals surface area contributed by atoms with Crippen molar-refractivity contribution in [3.8, 4) is 0 Å². The molecule has 3 aromatic rings. The van der Waals surface area contributed by atoms with E-state index >= 15 is 0 Å². The number of rotatable bonds is 11. The van der Waals surface area contributed by atoms with Gasteiger partial charge < -0.3 is 14.6 Å². The third kappa shape index (κ3) is 7.76. The fraction of sp³-hybridized carbons (Fsp3) is 0.261. The molecule has 9 nitrogen and oxygen atoms in total. The molecule has 0 spiro atoms. The highest BCUT2D eigenvalue weighted by Gasteiger charge is 2.16. The SMILES string of the molecule is Cc1cc(NS(=O)(=O)c2ccc(NC(=O)CCC(=O)OCCCc3ccccc3)cc2)no1. The second-order valence-corrected chi connectivity index (χ2v) is 8.99. The highest BCUT2D eigenvalue weighted by Crippen LogP contribution is 2.18. The van der Waals surface area contributed by atoms with Gasteiger partial charge in [-0.3, -0.25) is 14.3 Å². The van der Waals surface area contributed by atoms with Gasteiger partial charge in [0.05, 0.1) is 17.9 Å². The second kappa shape index (κ2) is 11.3. The largest absolute Gasteiger partial charge is 0.466 e. The first-order chi connectivity index (χ1) is 15.8. The molecule has 1 heterocycles. The van der Waals surface area contributed by atoms with Gasteiger partial charge in [-0.05, 0) is 49.6 Å². The summed E-state index contributed by atoms with van der Waals surface area (Å²) in [7, 11) is -3.84. The monoisotopic (exact) mass is 471 g/mol. The summed E-state index contributed by atoms with van der Waals surface area (Å²) in [6.07, 6.45) is 1.45. The van der Waals surface area contributed by atoms with Crippen molar-refractivity contribution in [1.29, 1.82) is 0 Å². The maximum Gasteiger partial charge on any atom is 0.306 e. The maximum absolute atomic E-state index is 12.4. The van der Waals surface area contributed by atoms with E-state index in [1.165, 1.54) is 35.9 Å². The lowest BCUT2D eigenvalue weighted by atomic mass is 10.1. The Kier molecular flexibility index (Phi) is 8.20. The highest BCUT2D eigenvalue weighted by molar-refractivity contribution is 7.92. The van der Waals surface area contributed by atoms with E-state index in [9.17, 15) is 18.0 Å². The third-order valence-electron chi connectivity index (χ3n) is 4.59. The summed E-state index contributed by atoms with van der Waals surface area (Å²) < 4.78 is 37.1. The van der Waals surface area contributed by atoms with Gasteiger partial charge in [0, 0.05) is 18.2 Å². The summed E-state index contributed by atoms with van der Waals surface area (Å²) >= 11 is 0. The normalized spacial score (nSPS) is 11.1. The molecule has 0 bridgehead atoms. The number of anilines is 2. The molecule has 33 heavy (non-hydrogen) atoms. The summed E-state index contributed by atoms with van der Waals surface area (Å²) in [5.41, 5.74) is 1.59. The summed E-state index contributed by atoms with van der Waals surface area (Å²) in [5, 5.41) is 6.22. The number of nitrogens with one attached hydrogen (secondary N) is 2. The second-order valence-electron chi connectivity index (χ2n) is 7.31. The number of benzene rings is 2. The first-order valence-corrected chi connectivity index (χ1v) is 11.9. The fourth-order valence-corrected chi connectivity index (χ4v) is 3.93. The van der Waals surface area contributed by atoms with E-state index in [2.05, 4.69) is 15.2 Å². The molecule has 1 aromatic heterocycles. The predicted molar refractivity (Wildman–Crippen MR) is 122 cm³/mol. The number of ether oxygens (including phenoxy) is 1. The third-order valence-corrected chi connectivity index (χ3v) is 5.96. The number of aryl methyl sites for hydroxylation is 2. The molecule has 0 aliphatic rings. The van der Waals surface area contributed by atoms with E-state index in [1.54, 1.807) is 6.92 Å². The standard InChI is InChI=1S/C23H25N3O6S/c1-17-16-21(25-32-17)26-33(29,30)20-11-9-19(10-12-20)24-22(27)13-14-23(28)31-15-5-8-18-6-3-2-4-7-18/h2-4,6-7,9-12,16H,5,8,13-15H2,1H3,(H,24,27)(H,25,26). The molecule has 0 saturated heterocycles. The van der Waals surface area contributed by atoms with Crippen LogP contribution in [0.15, 0.2) is 70.1 Å². The molecule has 0 unspecified atom stereocenters. The molecule has 2 aromatic carbocycles. The van der Waals surface area contributed by atoms with Crippen molar-refractivity contribution in [3.63, 3.8) is 0 Å². The van der Waals surface area contributed by atoms with E-state index in [-0.39, 0.29) is 29.5 Å². The molecule has 0 aliphatic heterocycles. The van der Waals surface area contributed by atoms with Crippen LogP contribution in [-0.4, -0.2) is 32.1 Å². The first kappa shape index (κ1) is 24.0. The Balaban J connectivity index is 1.38. The quantitative estimate of drug-likeness (QED) is 0.322. The minimum Gasteiger partial charge on any atom is -0.466 e. The van der Waals surface area contributed by atoms with Crippen molar-refractivity contribution in [2.45, 2.75) is 37.5 Å². The molecular formula is C23H25N3O6S. The van der Waals surface area contributed by atoms with Gasteiger partial charge in [-0.2, -0.15) is 0 Å². The highest BCUT2D eigenvalue weighted by atomic mass is 32.2. The maximum atomic E-state index is 12.4. The van der Waals surface area contributed by atoms with Crippen LogP contribution in [0.2, 0.25) is 0 Å². The number of hydrogen-bond acceptors (Lipinski definition) is 7. The average Bonchev–Trinajstić information content (AvgIpc) is 3.20. The molecule has 174 valence electrons. The van der Waals surface area contributed by atoms with E-state index in [1.807, 2.05) is 30.3 Å². The minimum absolute atomic E-state index is 0.000215. The Morgan fingerprint density at radius 1 is 1.03 bits per heavy atom. The number of hydrogen-bond donors (Lipinski definition) is 2. The van der Waals surface area contributed by atoms with Gasteiger partial charge in [-0.15, -0.1) is 0 Å². The average molecular weight is 472 g/mol. The Hall–Kier alpha value is -3.66. The fourth-order valence-electron chi connectivity index (χ4n) is 2.95. The van der Waals surface area contributed by atoms with Crippen molar-refractivity contribution in [1.82, 2.24) is 5.16 Å². The molecular weight excluding hydrogens is 446 g/mol. The van der Waals surface area contributed by atoms with Crippen molar-refractivity contribution in [2.24, 2.45) is 0 Å². The Morgan fingerprint density at radius 3 is 2.42 bits per heavy atom. The summed E-state index contributed by atoms with van der Waals surface area (Å²) in [5.74, 6) is -0.254. The summed E-state index contributed by atoms with van der Waals surface area (Å²) in [4.78, 5) is 23.9. The molecule has 3 rings (SSSR count). The number of amides is 1. The predicted octanol–water partition coefficient (Wildman–Crippen LogP) is 3.68. The van der Waals surface area contributed by atoms with Crippen molar-refractivity contribution in [2.75, 3.05) is 16.6 Å². The van der Waals surface area contributed by atoms with E-state index in [4.69, 9.17) is 9.26 Å². The van der Waals surface area contributed by atoms with E-state index in [0.29, 0.717) is 24.5 Å². The molecule has 0 saturated carbocycles. The first-order valence-electron chi connectivity index (χ1n) is 10.4. The van der Waals surface area contributed by atoms with E-state index in [0.717, 1.165) is 6.42 Å². The zero-order valence-corrected chi connectivity index (χ0v) is 18.9. The lowest BCUT2D eigenvalue weighted by Crippen LogP contribution is -2.16. The van der Waals surface area contributed by atoms with Crippen molar-refractivity contribution >= 4 is 33.4 Å². The minimum atomic E-state index is -3.84. The molecule has 0 atom stereocenters. The number of esters is 1. The van der Waals surface area contributed by atoms with Crippen LogP contribution in [0.4, 0.5) is 11.5 Å². The van der Waals surface area contributed by atoms with Crippen LogP contribution in [0, 0.1) is 6.92 Å². The van der Waals surface area contributed by atoms with Gasteiger partial charge in [0.25, 0.3) is 10.0 Å². The molecule has 0 radical (unpaired) electrons. The van der Waals surface area contributed by atoms with Crippen LogP contribution in [0.5, 0.6) is 0 Å². The van der Waals surface area contributed by atoms with Crippen LogP contribution in [-0.2, 0) is 30.8 Å². The molecule has 0 aliphatic carbocycles. The molecule has 2 N–H and O–H groups in total. The Labute approximate surface area is 192 Å².